The summed E-state index contributed by atoms with van der Waals surface area (Å²) < 4.78 is 32.0. The number of anilines is 3. The number of aromatic nitrogens is 1. The molecule has 5 bridgehead atoms. The smallest absolute Gasteiger partial charge is 0.312 e. The third-order valence-corrected chi connectivity index (χ3v) is 20.0. The van der Waals surface area contributed by atoms with Crippen molar-refractivity contribution in [1.82, 2.24) is 30.7 Å². The van der Waals surface area contributed by atoms with Crippen LogP contribution in [0.5, 0.6) is 17.2 Å². The van der Waals surface area contributed by atoms with Gasteiger partial charge >= 0.3 is 17.8 Å². The molecule has 1 unspecified atom stereocenters. The summed E-state index contributed by atoms with van der Waals surface area (Å²) in [5.74, 6) is -9.70. The maximum absolute atomic E-state index is 15.4. The Labute approximate surface area is 615 Å². The second kappa shape index (κ2) is 34.8. The van der Waals surface area contributed by atoms with E-state index in [0.717, 1.165) is 24.5 Å². The molecule has 8 amide bonds. The first-order chi connectivity index (χ1) is 50.3. The van der Waals surface area contributed by atoms with Crippen LogP contribution < -0.4 is 52.1 Å². The molecule has 570 valence electrons. The Morgan fingerprint density at radius 3 is 2.22 bits per heavy atom. The number of urea groups is 1. The van der Waals surface area contributed by atoms with Crippen molar-refractivity contribution in [2.24, 2.45) is 41.2 Å². The number of imide groups is 1. The van der Waals surface area contributed by atoms with Crippen LogP contribution in [0.3, 0.4) is 0 Å². The molecule has 3 aromatic carbocycles. The van der Waals surface area contributed by atoms with Gasteiger partial charge in [-0.3, -0.25) is 53.0 Å². The average Bonchev–Trinajstić information content (AvgIpc) is 1.37. The number of hydrogen-bond acceptors (Lipinski definition) is 21. The number of unbranched alkanes of at least 4 members (excludes halogenated alkanes) is 2. The predicted molar refractivity (Wildman–Crippen MR) is 398 cm³/mol. The first kappa shape index (κ1) is 79.9. The Balaban J connectivity index is 1.06. The van der Waals surface area contributed by atoms with Gasteiger partial charge in [0.15, 0.2) is 17.1 Å². The number of esters is 1. The van der Waals surface area contributed by atoms with Crippen molar-refractivity contribution < 1.29 is 81.8 Å². The highest BCUT2D eigenvalue weighted by Gasteiger charge is 2.50. The van der Waals surface area contributed by atoms with Gasteiger partial charge in [-0.2, -0.15) is 0 Å². The standard InChI is InChI=1S/C78H100N10O18/c1-41(2)39-86-32-34-87(35-33-86)52-37-54(102-40-50-24-26-51(27-25-50)81-75(99)53(22-17-30-80-77(79)101)82-76(100)62(42(3)4)83-56(90)23-14-13-15-31-88-57(91)28-29-58(88)92)63-55(38-52)105-72-64(84-63)59-60-68(95)48(10)71-61(59)73(97)78(12,106-71)103-36-18-21-44(6)70(104-49(11)89)47(9)67(94)46(8)66(93)43(5)19-16-20-45(7)74(98)85-65(72)69(60)96/h16,18-20,24-29,36-38,41-44,46-47,53,62,66-67,70,93-95H,13-15,17,21-23,30-35,39-40H2,1-12H3,(H,81,99)(H,82,100)(H,83,90)(H,85,98)(H3,79,80,101)/b19-16+,36-18+,45-20-/t43-,44+,46+,47+,53-,62?,66-,67+,70+,78-/m0/s1. The number of carbonyl (C=O) groups excluding carboxylic acids is 9. The SMILES string of the molecule is CC(=O)O[C@H]1[C@H](C)[C@H](O)[C@H](C)[C@@H](O)[C@@H](C)/C=C/C=C(/C)C(=O)Nc2c3oc4cc(N5CCN(CC(C)C)CC5)cc(OCc5ccc(NC(=O)[C@H](CCCNC(N)=O)NC(=O)C(NC(=O)CCCCCN6C(=O)C=CC6=O)C(C)C)cc5)c4nc-3c3c4c(c(C)c(O)c3c2=O)O[C@](C)(O/C=C/C[C@H]1C)C4=O. The van der Waals surface area contributed by atoms with E-state index < -0.39 is 124 Å². The van der Waals surface area contributed by atoms with Gasteiger partial charge in [-0.25, -0.2) is 9.78 Å². The number of fused-ring (bicyclic) bond motifs is 14. The molecule has 10 atom stereocenters. The highest BCUT2D eigenvalue weighted by atomic mass is 16.7. The minimum absolute atomic E-state index is 0.00164. The first-order valence-electron chi connectivity index (χ1n) is 36.3. The molecule has 28 nitrogen and oxygen atoms in total. The fourth-order valence-corrected chi connectivity index (χ4v) is 13.9. The Bertz CT molecular complexity index is 4290. The van der Waals surface area contributed by atoms with Crippen molar-refractivity contribution in [3.8, 4) is 28.7 Å². The summed E-state index contributed by atoms with van der Waals surface area (Å²) in [5, 5.41) is 48.7. The number of rotatable bonds is 23. The van der Waals surface area contributed by atoms with Crippen LogP contribution in [0.4, 0.5) is 21.9 Å². The molecule has 6 heterocycles. The molecule has 28 heteroatoms. The number of hydrogen-bond donors (Lipinski definition) is 9. The first-order valence-corrected chi connectivity index (χ1v) is 36.3. The minimum atomic E-state index is -2.11. The summed E-state index contributed by atoms with van der Waals surface area (Å²) in [5.41, 5.74) is 5.61. The van der Waals surface area contributed by atoms with E-state index >= 15 is 9.59 Å². The number of allylic oxidation sites excluding steroid dienone is 3. The molecule has 3 aromatic rings. The molecule has 0 saturated carbocycles. The summed E-state index contributed by atoms with van der Waals surface area (Å²) in [6.07, 6.45) is 9.01. The molecule has 0 spiro atoms. The van der Waals surface area contributed by atoms with Crippen LogP contribution in [-0.4, -0.2) is 165 Å². The van der Waals surface area contributed by atoms with Gasteiger partial charge in [0.1, 0.15) is 53.2 Å². The number of aromatic hydroxyl groups is 1. The number of primary amides is 1. The van der Waals surface area contributed by atoms with E-state index in [9.17, 15) is 53.7 Å². The van der Waals surface area contributed by atoms with E-state index in [1.54, 1.807) is 83.2 Å². The molecular formula is C78H100N10O18. The van der Waals surface area contributed by atoms with Gasteiger partial charge in [-0.05, 0) is 87.5 Å². The zero-order chi connectivity index (χ0) is 77.2. The second-order valence-electron chi connectivity index (χ2n) is 29.1. The fraction of sp³-hybridized carbons (Fsp3) is 0.500. The number of carbonyl (C=O) groups is 9. The van der Waals surface area contributed by atoms with Gasteiger partial charge in [0.2, 0.25) is 23.2 Å². The number of Topliss-reactive ketones (excluding diaryl/α,β-unsaturated/α-hetero) is 1. The van der Waals surface area contributed by atoms with Gasteiger partial charge in [0.05, 0.1) is 29.4 Å². The molecule has 1 saturated heterocycles. The third kappa shape index (κ3) is 18.7. The van der Waals surface area contributed by atoms with Crippen LogP contribution in [0.15, 0.2) is 93.9 Å². The lowest BCUT2D eigenvalue weighted by atomic mass is 9.79. The van der Waals surface area contributed by atoms with Crippen LogP contribution in [-0.2, 0) is 49.6 Å². The molecule has 10 rings (SSSR count). The third-order valence-electron chi connectivity index (χ3n) is 20.0. The largest absolute Gasteiger partial charge is 0.507 e. The number of phenolic OH excluding ortho intramolecular Hbond substituents is 1. The summed E-state index contributed by atoms with van der Waals surface area (Å²) >= 11 is 0. The lowest BCUT2D eigenvalue weighted by molar-refractivity contribution is -0.157. The molecule has 1 fully saturated rings. The van der Waals surface area contributed by atoms with Crippen molar-refractivity contribution in [3.63, 3.8) is 0 Å². The maximum atomic E-state index is 15.4. The van der Waals surface area contributed by atoms with Crippen LogP contribution >= 0.6 is 0 Å². The van der Waals surface area contributed by atoms with E-state index in [4.69, 9.17) is 34.1 Å². The zero-order valence-electron chi connectivity index (χ0n) is 62.3. The molecule has 6 aliphatic heterocycles. The number of amides is 8. The average molecular weight is 1470 g/mol. The van der Waals surface area contributed by atoms with Gasteiger partial charge in [-0.15, -0.1) is 0 Å². The highest BCUT2D eigenvalue weighted by Crippen LogP contribution is 2.51. The highest BCUT2D eigenvalue weighted by molar-refractivity contribution is 6.22. The molecule has 0 aromatic heterocycles. The minimum Gasteiger partial charge on any atom is -0.507 e. The summed E-state index contributed by atoms with van der Waals surface area (Å²) in [6, 6.07) is 7.34. The van der Waals surface area contributed by atoms with Gasteiger partial charge in [0, 0.05) is 136 Å². The van der Waals surface area contributed by atoms with E-state index in [0.29, 0.717) is 55.2 Å². The topological polar surface area (TPSA) is 390 Å². The van der Waals surface area contributed by atoms with Crippen LogP contribution in [0, 0.1) is 42.4 Å². The molecule has 7 aliphatic rings. The predicted octanol–water partition coefficient (Wildman–Crippen LogP) is 8.18. The number of aliphatic hydroxyl groups is 2. The summed E-state index contributed by atoms with van der Waals surface area (Å²) in [6.45, 7) is 24.2. The van der Waals surface area contributed by atoms with Gasteiger partial charge < -0.3 is 75.9 Å². The van der Waals surface area contributed by atoms with Gasteiger partial charge in [-0.1, -0.05) is 92.2 Å². The molecule has 0 radical (unpaired) electrons. The molecule has 10 N–H and O–H groups in total. The number of piperazine rings is 1. The number of phenols is 1. The summed E-state index contributed by atoms with van der Waals surface area (Å²) in [4.78, 5) is 146. The van der Waals surface area contributed by atoms with Crippen LogP contribution in [0.2, 0.25) is 0 Å². The van der Waals surface area contributed by atoms with Crippen molar-refractivity contribution in [2.45, 2.75) is 171 Å². The van der Waals surface area contributed by atoms with E-state index in [-0.39, 0.29) is 119 Å². The number of ketones is 1. The Morgan fingerprint density at radius 2 is 1.56 bits per heavy atom. The van der Waals surface area contributed by atoms with Crippen molar-refractivity contribution in [2.75, 3.05) is 61.3 Å². The Morgan fingerprint density at radius 1 is 0.858 bits per heavy atom. The number of nitrogens with two attached hydrogens (primary N) is 1. The monoisotopic (exact) mass is 1460 g/mol. The number of nitrogens with zero attached hydrogens (tertiary/aromatic N) is 4. The lowest BCUT2D eigenvalue weighted by Crippen LogP contribution is -2.54. The lowest BCUT2D eigenvalue weighted by Gasteiger charge is -2.37. The number of ether oxygens (including phenoxy) is 4. The van der Waals surface area contributed by atoms with Crippen molar-refractivity contribution in [1.29, 1.82) is 0 Å². The molecule has 106 heavy (non-hydrogen) atoms. The fourth-order valence-electron chi connectivity index (χ4n) is 13.9. The second-order valence-corrected chi connectivity index (χ2v) is 29.1. The zero-order valence-corrected chi connectivity index (χ0v) is 62.3. The Hall–Kier alpha value is -10.2. The Kier molecular flexibility index (Phi) is 26.2. The van der Waals surface area contributed by atoms with Crippen LogP contribution in [0.1, 0.15) is 143 Å². The quantitative estimate of drug-likeness (QED) is 0.00978. The molecular weight excluding hydrogens is 1360 g/mol. The molecule has 1 aliphatic carbocycles. The maximum Gasteiger partial charge on any atom is 0.312 e. The summed E-state index contributed by atoms with van der Waals surface area (Å²) in [7, 11) is 0. The number of nitrogens with one attached hydrogen (secondary N) is 5. The van der Waals surface area contributed by atoms with E-state index in [1.807, 2.05) is 13.0 Å². The number of aliphatic hydroxyl groups excluding tert-OH is 2. The van der Waals surface area contributed by atoms with Gasteiger partial charge in [0.25, 0.3) is 23.5 Å². The van der Waals surface area contributed by atoms with E-state index in [2.05, 4.69) is 50.2 Å². The normalized spacial score (nSPS) is 23.5. The van der Waals surface area contributed by atoms with Crippen molar-refractivity contribution >= 4 is 92.2 Å². The number of benzene rings is 4. The van der Waals surface area contributed by atoms with Crippen LogP contribution in [0.25, 0.3) is 33.3 Å². The van der Waals surface area contributed by atoms with E-state index in [1.165, 1.54) is 52.2 Å². The van der Waals surface area contributed by atoms with Crippen molar-refractivity contribution in [3.05, 3.63) is 112 Å².